The van der Waals surface area contributed by atoms with Gasteiger partial charge >= 0.3 is 0 Å². The number of H-pyrrole nitrogens is 1. The number of hydrogen-bond acceptors (Lipinski definition) is 3. The molecule has 0 saturated carbocycles. The summed E-state index contributed by atoms with van der Waals surface area (Å²) < 4.78 is 0. The topological polar surface area (TPSA) is 54.7 Å². The van der Waals surface area contributed by atoms with Crippen molar-refractivity contribution in [3.05, 3.63) is 34.7 Å². The van der Waals surface area contributed by atoms with Gasteiger partial charge in [0.1, 0.15) is 11.3 Å². The SMILES string of the molecule is Nc1cccc2[nH]c(-c3cc4c(s3)CCC4)nc12. The highest BCUT2D eigenvalue weighted by Crippen LogP contribution is 2.36. The summed E-state index contributed by atoms with van der Waals surface area (Å²) in [7, 11) is 0. The van der Waals surface area contributed by atoms with Crippen LogP contribution < -0.4 is 5.73 Å². The van der Waals surface area contributed by atoms with Crippen molar-refractivity contribution >= 4 is 28.1 Å². The summed E-state index contributed by atoms with van der Waals surface area (Å²) in [5.74, 6) is 0.947. The summed E-state index contributed by atoms with van der Waals surface area (Å²) >= 11 is 1.86. The number of nitrogen functional groups attached to an aromatic ring is 1. The normalized spacial score (nSPS) is 14.2. The van der Waals surface area contributed by atoms with Crippen LogP contribution in [0.2, 0.25) is 0 Å². The van der Waals surface area contributed by atoms with E-state index >= 15 is 0 Å². The molecular formula is C14H13N3S. The second-order valence-electron chi connectivity index (χ2n) is 4.74. The highest BCUT2D eigenvalue weighted by molar-refractivity contribution is 7.15. The first-order valence-electron chi connectivity index (χ1n) is 6.17. The van der Waals surface area contributed by atoms with Crippen LogP contribution in [0, 0.1) is 0 Å². The molecule has 18 heavy (non-hydrogen) atoms. The molecule has 2 aromatic heterocycles. The van der Waals surface area contributed by atoms with Gasteiger partial charge in [-0.05, 0) is 43.0 Å². The molecule has 0 aliphatic heterocycles. The first-order chi connectivity index (χ1) is 8.81. The summed E-state index contributed by atoms with van der Waals surface area (Å²) in [5, 5.41) is 0. The van der Waals surface area contributed by atoms with E-state index in [9.17, 15) is 0 Å². The van der Waals surface area contributed by atoms with Gasteiger partial charge in [0.25, 0.3) is 0 Å². The molecular weight excluding hydrogens is 242 g/mol. The highest BCUT2D eigenvalue weighted by atomic mass is 32.1. The predicted octanol–water partition coefficient (Wildman–Crippen LogP) is 3.36. The van der Waals surface area contributed by atoms with E-state index in [0.717, 1.165) is 22.5 Å². The van der Waals surface area contributed by atoms with Gasteiger partial charge in [-0.2, -0.15) is 0 Å². The Bertz CT molecular complexity index is 717. The minimum Gasteiger partial charge on any atom is -0.397 e. The molecule has 0 spiro atoms. The highest BCUT2D eigenvalue weighted by Gasteiger charge is 2.17. The molecule has 1 aromatic carbocycles. The Hall–Kier alpha value is -1.81. The number of imidazole rings is 1. The lowest BCUT2D eigenvalue weighted by molar-refractivity contribution is 0.915. The predicted molar refractivity (Wildman–Crippen MR) is 75.8 cm³/mol. The van der Waals surface area contributed by atoms with E-state index in [1.54, 1.807) is 0 Å². The van der Waals surface area contributed by atoms with Crippen molar-refractivity contribution in [3.8, 4) is 10.7 Å². The van der Waals surface area contributed by atoms with Gasteiger partial charge in [0.05, 0.1) is 16.1 Å². The maximum Gasteiger partial charge on any atom is 0.148 e. The second kappa shape index (κ2) is 3.59. The number of thiophene rings is 1. The first-order valence-corrected chi connectivity index (χ1v) is 6.99. The molecule has 3 aromatic rings. The summed E-state index contributed by atoms with van der Waals surface area (Å²) in [6.07, 6.45) is 3.74. The molecule has 1 aliphatic rings. The fraction of sp³-hybridized carbons (Fsp3) is 0.214. The van der Waals surface area contributed by atoms with E-state index in [2.05, 4.69) is 16.0 Å². The number of fused-ring (bicyclic) bond motifs is 2. The van der Waals surface area contributed by atoms with Crippen LogP contribution >= 0.6 is 11.3 Å². The lowest BCUT2D eigenvalue weighted by atomic mass is 10.2. The smallest absolute Gasteiger partial charge is 0.148 e. The molecule has 0 atom stereocenters. The number of rotatable bonds is 1. The molecule has 0 radical (unpaired) electrons. The summed E-state index contributed by atoms with van der Waals surface area (Å²) in [4.78, 5) is 10.7. The molecule has 4 rings (SSSR count). The van der Waals surface area contributed by atoms with Crippen LogP contribution in [-0.2, 0) is 12.8 Å². The number of benzene rings is 1. The summed E-state index contributed by atoms with van der Waals surface area (Å²) in [6.45, 7) is 0. The molecule has 3 nitrogen and oxygen atoms in total. The lowest BCUT2D eigenvalue weighted by Gasteiger charge is -1.90. The van der Waals surface area contributed by atoms with Gasteiger partial charge in [0, 0.05) is 4.88 Å². The Morgan fingerprint density at radius 2 is 2.22 bits per heavy atom. The number of aryl methyl sites for hydroxylation is 2. The molecule has 4 heteroatoms. The third kappa shape index (κ3) is 1.39. The van der Waals surface area contributed by atoms with Gasteiger partial charge in [0.2, 0.25) is 0 Å². The largest absolute Gasteiger partial charge is 0.397 e. The Morgan fingerprint density at radius 3 is 3.06 bits per heavy atom. The fourth-order valence-electron chi connectivity index (χ4n) is 2.62. The molecule has 0 amide bonds. The zero-order valence-electron chi connectivity index (χ0n) is 9.86. The third-order valence-electron chi connectivity index (χ3n) is 3.52. The van der Waals surface area contributed by atoms with Crippen LogP contribution in [0.3, 0.4) is 0 Å². The molecule has 0 unspecified atom stereocenters. The maximum absolute atomic E-state index is 5.94. The van der Waals surface area contributed by atoms with E-state index in [-0.39, 0.29) is 0 Å². The first kappa shape index (κ1) is 10.1. The molecule has 1 aliphatic carbocycles. The van der Waals surface area contributed by atoms with Crippen LogP contribution in [0.4, 0.5) is 5.69 Å². The minimum atomic E-state index is 0.735. The van der Waals surface area contributed by atoms with Crippen LogP contribution in [0.1, 0.15) is 16.9 Å². The number of hydrogen-bond donors (Lipinski definition) is 2. The number of nitrogens with zero attached hydrogens (tertiary/aromatic N) is 1. The van der Waals surface area contributed by atoms with Gasteiger partial charge in [-0.1, -0.05) is 6.07 Å². The number of nitrogens with two attached hydrogens (primary N) is 1. The van der Waals surface area contributed by atoms with Crippen LogP contribution in [-0.4, -0.2) is 9.97 Å². The number of nitrogens with one attached hydrogen (secondary N) is 1. The second-order valence-corrected chi connectivity index (χ2v) is 5.88. The van der Waals surface area contributed by atoms with E-state index in [4.69, 9.17) is 5.73 Å². The Morgan fingerprint density at radius 1 is 1.28 bits per heavy atom. The van der Waals surface area contributed by atoms with Crippen molar-refractivity contribution in [2.24, 2.45) is 0 Å². The Labute approximate surface area is 109 Å². The van der Waals surface area contributed by atoms with Crippen molar-refractivity contribution in [3.63, 3.8) is 0 Å². The van der Waals surface area contributed by atoms with Gasteiger partial charge in [-0.15, -0.1) is 11.3 Å². The van der Waals surface area contributed by atoms with E-state index in [0.29, 0.717) is 0 Å². The number of anilines is 1. The molecule has 90 valence electrons. The monoisotopic (exact) mass is 255 g/mol. The molecule has 2 heterocycles. The fourth-order valence-corrected chi connectivity index (χ4v) is 3.82. The van der Waals surface area contributed by atoms with Gasteiger partial charge in [0.15, 0.2) is 0 Å². The standard InChI is InChI=1S/C14H13N3S/c15-9-4-2-5-10-13(9)17-14(16-10)12-7-8-3-1-6-11(8)18-12/h2,4-5,7H,1,3,6,15H2,(H,16,17). The zero-order chi connectivity index (χ0) is 12.1. The Kier molecular flexibility index (Phi) is 2.02. The van der Waals surface area contributed by atoms with Gasteiger partial charge < -0.3 is 10.7 Å². The summed E-state index contributed by atoms with van der Waals surface area (Å²) in [6, 6.07) is 8.14. The van der Waals surface area contributed by atoms with Gasteiger partial charge in [-0.3, -0.25) is 0 Å². The quantitative estimate of drug-likeness (QED) is 0.655. The lowest BCUT2D eigenvalue weighted by Crippen LogP contribution is -1.84. The van der Waals surface area contributed by atoms with E-state index < -0.39 is 0 Å². The van der Waals surface area contributed by atoms with E-state index in [1.807, 2.05) is 29.5 Å². The number of para-hydroxylation sites is 1. The third-order valence-corrected chi connectivity index (χ3v) is 4.77. The number of aromatic amines is 1. The van der Waals surface area contributed by atoms with Crippen molar-refractivity contribution in [2.75, 3.05) is 5.73 Å². The van der Waals surface area contributed by atoms with Crippen molar-refractivity contribution in [1.82, 2.24) is 9.97 Å². The average Bonchev–Trinajstić information content (AvgIpc) is 3.01. The summed E-state index contributed by atoms with van der Waals surface area (Å²) in [5.41, 5.74) is 10.1. The van der Waals surface area contributed by atoms with Gasteiger partial charge in [-0.25, -0.2) is 4.98 Å². The minimum absolute atomic E-state index is 0.735. The average molecular weight is 255 g/mol. The Balaban J connectivity index is 1.88. The van der Waals surface area contributed by atoms with E-state index in [1.165, 1.54) is 34.6 Å². The molecule has 0 fully saturated rings. The van der Waals surface area contributed by atoms with Crippen molar-refractivity contribution in [2.45, 2.75) is 19.3 Å². The molecule has 0 saturated heterocycles. The van der Waals surface area contributed by atoms with Crippen LogP contribution in [0.15, 0.2) is 24.3 Å². The maximum atomic E-state index is 5.94. The molecule has 0 bridgehead atoms. The zero-order valence-corrected chi connectivity index (χ0v) is 10.7. The van der Waals surface area contributed by atoms with Crippen LogP contribution in [0.25, 0.3) is 21.7 Å². The van der Waals surface area contributed by atoms with Crippen LogP contribution in [0.5, 0.6) is 0 Å². The van der Waals surface area contributed by atoms with Crippen molar-refractivity contribution < 1.29 is 0 Å². The molecule has 3 N–H and O–H groups in total. The number of aromatic nitrogens is 2. The van der Waals surface area contributed by atoms with Crippen molar-refractivity contribution in [1.29, 1.82) is 0 Å².